The molecule has 1 saturated heterocycles. The van der Waals surface area contributed by atoms with Crippen LogP contribution in [0, 0.1) is 16.6 Å². The number of ether oxygens (including phenoxy) is 1. The normalized spacial score (nSPS) is 21.1. The van der Waals surface area contributed by atoms with E-state index in [9.17, 15) is 21.8 Å². The molecule has 1 aliphatic heterocycles. The van der Waals surface area contributed by atoms with Crippen molar-refractivity contribution in [3.63, 3.8) is 0 Å². The summed E-state index contributed by atoms with van der Waals surface area (Å²) in [6.45, 7) is 1.16. The molecule has 1 aliphatic carbocycles. The van der Waals surface area contributed by atoms with Crippen LogP contribution in [0.3, 0.4) is 0 Å². The van der Waals surface area contributed by atoms with Gasteiger partial charge in [0, 0.05) is 18.3 Å². The highest BCUT2D eigenvalue weighted by Crippen LogP contribution is 2.40. The maximum absolute atomic E-state index is 14.7. The van der Waals surface area contributed by atoms with Gasteiger partial charge in [0.1, 0.15) is 11.9 Å². The molecular formula is C29H32F4N4O2S2. The number of thiophene rings is 1. The molecule has 0 radical (unpaired) electrons. The minimum absolute atomic E-state index is 0.112. The van der Waals surface area contributed by atoms with E-state index in [1.165, 1.54) is 18.4 Å². The number of likely N-dealkylation sites (tertiary alicyclic amines) is 1. The minimum Gasteiger partial charge on any atom is -0.495 e. The van der Waals surface area contributed by atoms with Gasteiger partial charge in [0.2, 0.25) is 0 Å². The van der Waals surface area contributed by atoms with Gasteiger partial charge in [0.05, 0.1) is 61.7 Å². The van der Waals surface area contributed by atoms with E-state index in [0.717, 1.165) is 19.4 Å². The number of fused-ring (bicyclic) bond motifs is 1. The molecule has 0 spiro atoms. The Labute approximate surface area is 241 Å². The van der Waals surface area contributed by atoms with E-state index in [1.54, 1.807) is 36.4 Å². The molecule has 6 nitrogen and oxygen atoms in total. The lowest BCUT2D eigenvalue weighted by Gasteiger charge is -2.33. The van der Waals surface area contributed by atoms with Crippen LogP contribution in [0.25, 0.3) is 10.1 Å². The summed E-state index contributed by atoms with van der Waals surface area (Å²) in [7, 11) is 0.455. The van der Waals surface area contributed by atoms with Crippen molar-refractivity contribution in [2.75, 3.05) is 44.4 Å². The van der Waals surface area contributed by atoms with Gasteiger partial charge in [-0.25, -0.2) is 13.4 Å². The lowest BCUT2D eigenvalue weighted by Crippen LogP contribution is -2.46. The number of hydrogen-bond donors (Lipinski definition) is 3. The third kappa shape index (κ3) is 6.74. The van der Waals surface area contributed by atoms with Crippen LogP contribution in [0.15, 0.2) is 41.3 Å². The highest BCUT2D eigenvalue weighted by atomic mass is 32.2. The molecule has 41 heavy (non-hydrogen) atoms. The van der Waals surface area contributed by atoms with Gasteiger partial charge in [-0.15, -0.1) is 11.3 Å². The van der Waals surface area contributed by atoms with Gasteiger partial charge in [0.15, 0.2) is 0 Å². The second-order valence-electron chi connectivity index (χ2n) is 10.5. The second-order valence-corrected chi connectivity index (χ2v) is 13.9. The third-order valence-corrected chi connectivity index (χ3v) is 10.9. The van der Waals surface area contributed by atoms with Crippen molar-refractivity contribution >= 4 is 42.5 Å². The number of halogens is 4. The van der Waals surface area contributed by atoms with E-state index in [4.69, 9.17) is 9.52 Å². The second kappa shape index (κ2) is 11.7. The first-order valence-electron chi connectivity index (χ1n) is 13.3. The summed E-state index contributed by atoms with van der Waals surface area (Å²) in [4.78, 5) is 2.65. The molecule has 0 bridgehead atoms. The van der Waals surface area contributed by atoms with Crippen LogP contribution in [-0.2, 0) is 16.1 Å². The van der Waals surface area contributed by atoms with Crippen LogP contribution in [0.1, 0.15) is 29.7 Å². The van der Waals surface area contributed by atoms with E-state index < -0.39 is 34.5 Å². The number of piperidine rings is 1. The van der Waals surface area contributed by atoms with Gasteiger partial charge in [-0.05, 0) is 61.5 Å². The lowest BCUT2D eigenvalue weighted by molar-refractivity contribution is -0.126. The number of methoxy groups -OCH3 is 1. The van der Waals surface area contributed by atoms with Gasteiger partial charge in [-0.1, -0.05) is 24.0 Å². The van der Waals surface area contributed by atoms with Crippen molar-refractivity contribution in [1.82, 2.24) is 4.90 Å². The number of hydrogen-bond acceptors (Lipinski definition) is 7. The molecule has 2 fully saturated rings. The largest absolute Gasteiger partial charge is 0.495 e. The standard InChI is InChI=1S/C29H32F4N4O2S2/c1-37-14-12-23(22(30)17-37)36-25-6-3-5-20-21(16-29(31,32)33)27(40-28(20)25)7-4-13-35-24-11-10-19(15-26(24)39-2)41(34,38)18-8-9-18/h3,5-6,10-11,15,18,22-23,34-36H,8-9,12-14,16-17H2,1-2H3/t22-,23+,41?/m1/s1. The summed E-state index contributed by atoms with van der Waals surface area (Å²) in [5.74, 6) is 6.26. The summed E-state index contributed by atoms with van der Waals surface area (Å²) in [6, 6.07) is 9.61. The van der Waals surface area contributed by atoms with Crippen LogP contribution < -0.4 is 15.4 Å². The molecule has 2 heterocycles. The fourth-order valence-electron chi connectivity index (χ4n) is 5.04. The van der Waals surface area contributed by atoms with Crippen molar-refractivity contribution < 1.29 is 26.5 Å². The molecule has 3 aromatic rings. The third-order valence-electron chi connectivity index (χ3n) is 7.37. The lowest BCUT2D eigenvalue weighted by atomic mass is 10.0. The van der Waals surface area contributed by atoms with Gasteiger partial charge >= 0.3 is 6.18 Å². The molecular weight excluding hydrogens is 576 g/mol. The number of anilines is 2. The van der Waals surface area contributed by atoms with Crippen molar-refractivity contribution in [1.29, 1.82) is 4.78 Å². The smallest absolute Gasteiger partial charge is 0.393 e. The molecule has 2 aliphatic rings. The Balaban J connectivity index is 1.38. The molecule has 220 valence electrons. The van der Waals surface area contributed by atoms with E-state index in [1.807, 2.05) is 11.9 Å². The molecule has 1 unspecified atom stereocenters. The number of rotatable bonds is 8. The monoisotopic (exact) mass is 608 g/mol. The molecule has 2 aromatic carbocycles. The molecule has 0 amide bonds. The summed E-state index contributed by atoms with van der Waals surface area (Å²) < 4.78 is 82.5. The molecule has 3 atom stereocenters. The maximum atomic E-state index is 14.7. The number of nitrogens with one attached hydrogen (secondary N) is 3. The Bertz CT molecular complexity index is 1590. The summed E-state index contributed by atoms with van der Waals surface area (Å²) >= 11 is 1.17. The predicted octanol–water partition coefficient (Wildman–Crippen LogP) is 6.50. The van der Waals surface area contributed by atoms with E-state index in [0.29, 0.717) is 49.9 Å². The van der Waals surface area contributed by atoms with Crippen molar-refractivity contribution in [3.05, 3.63) is 46.8 Å². The van der Waals surface area contributed by atoms with E-state index in [2.05, 4.69) is 22.5 Å². The van der Waals surface area contributed by atoms with Crippen LogP contribution in [0.5, 0.6) is 5.75 Å². The fourth-order valence-corrected chi connectivity index (χ4v) is 7.95. The average Bonchev–Trinajstić information content (AvgIpc) is 3.72. The zero-order chi connectivity index (χ0) is 29.4. The van der Waals surface area contributed by atoms with E-state index in [-0.39, 0.29) is 17.4 Å². The van der Waals surface area contributed by atoms with Gasteiger partial charge in [-0.2, -0.15) is 13.2 Å². The first kappa shape index (κ1) is 29.5. The highest BCUT2D eigenvalue weighted by molar-refractivity contribution is 7.93. The molecule has 5 rings (SSSR count). The maximum Gasteiger partial charge on any atom is 0.393 e. The van der Waals surface area contributed by atoms with Crippen LogP contribution in [-0.4, -0.2) is 66.5 Å². The van der Waals surface area contributed by atoms with Crippen molar-refractivity contribution in [2.24, 2.45) is 0 Å². The Hall–Kier alpha value is -3.01. The van der Waals surface area contributed by atoms with Crippen LogP contribution in [0.4, 0.5) is 28.9 Å². The topological polar surface area (TPSA) is 77.4 Å². The minimum atomic E-state index is -4.42. The van der Waals surface area contributed by atoms with Gasteiger partial charge in [-0.3, -0.25) is 0 Å². The Morgan fingerprint density at radius 3 is 2.66 bits per heavy atom. The first-order valence-corrected chi connectivity index (χ1v) is 15.8. The van der Waals surface area contributed by atoms with Gasteiger partial charge in [0.25, 0.3) is 0 Å². The Morgan fingerprint density at radius 1 is 1.20 bits per heavy atom. The Kier molecular flexibility index (Phi) is 8.41. The molecule has 1 saturated carbocycles. The molecule has 3 N–H and O–H groups in total. The average molecular weight is 609 g/mol. The number of benzene rings is 2. The zero-order valence-electron chi connectivity index (χ0n) is 22.7. The van der Waals surface area contributed by atoms with Gasteiger partial charge < -0.3 is 20.3 Å². The molecule has 1 aromatic heterocycles. The fraction of sp³-hybridized carbons (Fsp3) is 0.448. The summed E-state index contributed by atoms with van der Waals surface area (Å²) in [5, 5.41) is 6.69. The number of nitrogens with zero attached hydrogens (tertiary/aromatic N) is 1. The van der Waals surface area contributed by atoms with Crippen molar-refractivity contribution in [3.8, 4) is 17.6 Å². The number of alkyl halides is 4. The van der Waals surface area contributed by atoms with Crippen molar-refractivity contribution in [2.45, 2.75) is 54.2 Å². The summed E-state index contributed by atoms with van der Waals surface area (Å²) in [6.07, 6.45) is -4.47. The molecule has 12 heteroatoms. The first-order chi connectivity index (χ1) is 19.5. The van der Waals surface area contributed by atoms with E-state index >= 15 is 0 Å². The quantitative estimate of drug-likeness (QED) is 0.201. The highest BCUT2D eigenvalue weighted by Gasteiger charge is 2.34. The zero-order valence-corrected chi connectivity index (χ0v) is 24.4. The SMILES string of the molecule is COc1cc(S(=N)(=O)C2CC2)ccc1NCC#Cc1sc2c(N[C@H]3CCN(C)C[C@H]3F)cccc2c1CC(F)(F)F. The van der Waals surface area contributed by atoms with Crippen LogP contribution in [0.2, 0.25) is 0 Å². The van der Waals surface area contributed by atoms with Crippen LogP contribution >= 0.6 is 11.3 Å². The summed E-state index contributed by atoms with van der Waals surface area (Å²) in [5.41, 5.74) is 1.30. The Morgan fingerprint density at radius 2 is 1.98 bits per heavy atom. The predicted molar refractivity (Wildman–Crippen MR) is 157 cm³/mol.